The molecule has 1 fully saturated rings. The lowest BCUT2D eigenvalue weighted by Gasteiger charge is -2.32. The minimum absolute atomic E-state index is 0.0624. The average molecular weight is 432 g/mol. The van der Waals surface area contributed by atoms with Gasteiger partial charge in [0.1, 0.15) is 13.2 Å². The normalized spacial score (nSPS) is 16.8. The Balaban J connectivity index is 1.08. The molecule has 32 heavy (non-hydrogen) atoms. The molecule has 166 valence electrons. The van der Waals surface area contributed by atoms with Crippen LogP contribution in [0.3, 0.4) is 0 Å². The van der Waals surface area contributed by atoms with Crippen molar-refractivity contribution in [1.82, 2.24) is 9.88 Å². The number of hydrogen-bond donors (Lipinski definition) is 1. The highest BCUT2D eigenvalue weighted by atomic mass is 16.6. The second-order valence-corrected chi connectivity index (χ2v) is 8.65. The van der Waals surface area contributed by atoms with E-state index >= 15 is 0 Å². The van der Waals surface area contributed by atoms with Crippen molar-refractivity contribution >= 4 is 22.5 Å². The first-order valence-electron chi connectivity index (χ1n) is 11.5. The average Bonchev–Trinajstić information content (AvgIpc) is 2.84. The van der Waals surface area contributed by atoms with Crippen LogP contribution in [0.25, 0.3) is 10.9 Å². The Labute approximate surface area is 188 Å². The summed E-state index contributed by atoms with van der Waals surface area (Å²) in [6.07, 6.45) is 5.67. The summed E-state index contributed by atoms with van der Waals surface area (Å²) in [5.41, 5.74) is 3.16. The van der Waals surface area contributed by atoms with Gasteiger partial charge in [0.05, 0.1) is 5.52 Å². The van der Waals surface area contributed by atoms with Crippen LogP contribution in [0, 0.1) is 5.92 Å². The third kappa shape index (κ3) is 4.86. The highest BCUT2D eigenvalue weighted by Gasteiger charge is 2.21. The van der Waals surface area contributed by atoms with Crippen molar-refractivity contribution in [1.29, 1.82) is 0 Å². The van der Waals surface area contributed by atoms with Crippen LogP contribution in [0.5, 0.6) is 11.5 Å². The first-order chi connectivity index (χ1) is 15.7. The monoisotopic (exact) mass is 431 g/mol. The molecule has 1 aromatic heterocycles. The summed E-state index contributed by atoms with van der Waals surface area (Å²) >= 11 is 0. The van der Waals surface area contributed by atoms with E-state index in [1.54, 1.807) is 0 Å². The van der Waals surface area contributed by atoms with Gasteiger partial charge in [-0.25, -0.2) is 0 Å². The van der Waals surface area contributed by atoms with Crippen molar-refractivity contribution in [3.8, 4) is 11.5 Å². The molecule has 3 aromatic rings. The van der Waals surface area contributed by atoms with E-state index in [1.807, 2.05) is 30.5 Å². The van der Waals surface area contributed by atoms with Crippen LogP contribution in [0.15, 0.2) is 54.7 Å². The maximum absolute atomic E-state index is 12.5. The van der Waals surface area contributed by atoms with E-state index in [9.17, 15) is 4.79 Å². The lowest BCUT2D eigenvalue weighted by atomic mass is 9.91. The zero-order chi connectivity index (χ0) is 21.8. The van der Waals surface area contributed by atoms with E-state index in [0.29, 0.717) is 31.3 Å². The van der Waals surface area contributed by atoms with Gasteiger partial charge in [0.2, 0.25) is 5.91 Å². The minimum atomic E-state index is 0.0624. The number of hydrogen-bond acceptors (Lipinski definition) is 5. The van der Waals surface area contributed by atoms with Crippen LogP contribution in [-0.2, 0) is 11.3 Å². The van der Waals surface area contributed by atoms with Gasteiger partial charge >= 0.3 is 0 Å². The van der Waals surface area contributed by atoms with Crippen molar-refractivity contribution in [2.75, 3.05) is 31.6 Å². The predicted octanol–water partition coefficient (Wildman–Crippen LogP) is 4.64. The van der Waals surface area contributed by atoms with Crippen molar-refractivity contribution in [3.05, 3.63) is 60.3 Å². The number of piperidine rings is 1. The molecule has 6 heteroatoms. The van der Waals surface area contributed by atoms with E-state index in [1.165, 1.54) is 10.9 Å². The molecular formula is C26H29N3O3. The summed E-state index contributed by atoms with van der Waals surface area (Å²) in [7, 11) is 0. The van der Waals surface area contributed by atoms with Crippen molar-refractivity contribution < 1.29 is 14.3 Å². The quantitative estimate of drug-likeness (QED) is 0.616. The molecule has 0 atom stereocenters. The maximum Gasteiger partial charge on any atom is 0.224 e. The number of pyridine rings is 1. The van der Waals surface area contributed by atoms with Gasteiger partial charge in [-0.15, -0.1) is 0 Å². The van der Waals surface area contributed by atoms with Crippen LogP contribution in [0.4, 0.5) is 5.69 Å². The molecule has 0 unspecified atom stereocenters. The number of carbonyl (C=O) groups is 1. The van der Waals surface area contributed by atoms with Crippen molar-refractivity contribution in [3.63, 3.8) is 0 Å². The Morgan fingerprint density at radius 3 is 2.72 bits per heavy atom. The summed E-state index contributed by atoms with van der Waals surface area (Å²) in [5.74, 6) is 2.10. The number of likely N-dealkylation sites (tertiary alicyclic amines) is 1. The Morgan fingerprint density at radius 2 is 1.84 bits per heavy atom. The molecule has 6 nitrogen and oxygen atoms in total. The summed E-state index contributed by atoms with van der Waals surface area (Å²) in [6, 6.07) is 16.0. The van der Waals surface area contributed by atoms with E-state index < -0.39 is 0 Å². The number of para-hydroxylation sites is 1. The van der Waals surface area contributed by atoms with Crippen LogP contribution >= 0.6 is 0 Å². The third-order valence-corrected chi connectivity index (χ3v) is 6.45. The fourth-order valence-electron chi connectivity index (χ4n) is 4.65. The number of carbonyl (C=O) groups excluding carboxylic acids is 1. The number of amides is 1. The second kappa shape index (κ2) is 9.57. The van der Waals surface area contributed by atoms with Gasteiger partial charge in [0.25, 0.3) is 0 Å². The standard InChI is InChI=1S/C26H29N3O3/c30-26(28-21-6-7-24-25(17-21)32-16-15-31-24)8-5-19-10-13-29(14-11-19)18-20-9-12-27-23-4-2-1-3-22(20)23/h1-4,6-7,9,12,17,19H,5,8,10-11,13-16,18H2,(H,28,30). The number of aromatic nitrogens is 1. The largest absolute Gasteiger partial charge is 0.486 e. The van der Waals surface area contributed by atoms with E-state index in [4.69, 9.17) is 9.47 Å². The number of ether oxygens (including phenoxy) is 2. The first-order valence-corrected chi connectivity index (χ1v) is 11.5. The van der Waals surface area contributed by atoms with Crippen molar-refractivity contribution in [2.45, 2.75) is 32.2 Å². The number of rotatable bonds is 6. The molecular weight excluding hydrogens is 402 g/mol. The molecule has 2 aliphatic rings. The number of benzene rings is 2. The SMILES string of the molecule is O=C(CCC1CCN(Cc2ccnc3ccccc23)CC1)Nc1ccc2c(c1)OCCO2. The van der Waals surface area contributed by atoms with E-state index in [-0.39, 0.29) is 5.91 Å². The Morgan fingerprint density at radius 1 is 1.03 bits per heavy atom. The molecule has 0 spiro atoms. The summed E-state index contributed by atoms with van der Waals surface area (Å²) in [6.45, 7) is 4.22. The van der Waals surface area contributed by atoms with E-state index in [2.05, 4.69) is 39.5 Å². The van der Waals surface area contributed by atoms with Gasteiger partial charge in [-0.05, 0) is 68.1 Å². The topological polar surface area (TPSA) is 63.7 Å². The van der Waals surface area contributed by atoms with Gasteiger partial charge in [-0.1, -0.05) is 18.2 Å². The van der Waals surface area contributed by atoms with Gasteiger partial charge in [0.15, 0.2) is 11.5 Å². The molecule has 1 saturated heterocycles. The number of nitrogens with zero attached hydrogens (tertiary/aromatic N) is 2. The molecule has 2 aliphatic heterocycles. The third-order valence-electron chi connectivity index (χ3n) is 6.45. The Bertz CT molecular complexity index is 1090. The fourth-order valence-corrected chi connectivity index (χ4v) is 4.65. The lowest BCUT2D eigenvalue weighted by molar-refractivity contribution is -0.116. The van der Waals surface area contributed by atoms with Gasteiger partial charge < -0.3 is 14.8 Å². The smallest absolute Gasteiger partial charge is 0.224 e. The maximum atomic E-state index is 12.5. The van der Waals surface area contributed by atoms with Crippen molar-refractivity contribution in [2.24, 2.45) is 5.92 Å². The van der Waals surface area contributed by atoms with Gasteiger partial charge in [-0.2, -0.15) is 0 Å². The molecule has 3 heterocycles. The molecule has 0 aliphatic carbocycles. The molecule has 2 aromatic carbocycles. The van der Waals surface area contributed by atoms with Gasteiger partial charge in [-0.3, -0.25) is 14.7 Å². The zero-order valence-corrected chi connectivity index (χ0v) is 18.3. The molecule has 5 rings (SSSR count). The molecule has 1 amide bonds. The lowest BCUT2D eigenvalue weighted by Crippen LogP contribution is -2.33. The van der Waals surface area contributed by atoms with Crippen LogP contribution in [-0.4, -0.2) is 42.1 Å². The van der Waals surface area contributed by atoms with Crippen LogP contribution < -0.4 is 14.8 Å². The molecule has 0 bridgehead atoms. The van der Waals surface area contributed by atoms with Gasteiger partial charge in [0, 0.05) is 36.3 Å². The highest BCUT2D eigenvalue weighted by molar-refractivity contribution is 5.91. The van der Waals surface area contributed by atoms with Crippen LogP contribution in [0.2, 0.25) is 0 Å². The zero-order valence-electron chi connectivity index (χ0n) is 18.3. The number of fused-ring (bicyclic) bond motifs is 2. The Hall–Kier alpha value is -3.12. The first kappa shape index (κ1) is 20.8. The minimum Gasteiger partial charge on any atom is -0.486 e. The molecule has 0 saturated carbocycles. The molecule has 0 radical (unpaired) electrons. The fraction of sp³-hybridized carbons (Fsp3) is 0.385. The summed E-state index contributed by atoms with van der Waals surface area (Å²) in [5, 5.41) is 4.24. The second-order valence-electron chi connectivity index (χ2n) is 8.65. The number of anilines is 1. The number of nitrogens with one attached hydrogen (secondary N) is 1. The highest BCUT2D eigenvalue weighted by Crippen LogP contribution is 2.33. The summed E-state index contributed by atoms with van der Waals surface area (Å²) in [4.78, 5) is 19.4. The Kier molecular flexibility index (Phi) is 6.21. The predicted molar refractivity (Wildman–Crippen MR) is 125 cm³/mol. The van der Waals surface area contributed by atoms with E-state index in [0.717, 1.165) is 55.9 Å². The van der Waals surface area contributed by atoms with Crippen LogP contribution in [0.1, 0.15) is 31.2 Å². The summed E-state index contributed by atoms with van der Waals surface area (Å²) < 4.78 is 11.1. The molecule has 1 N–H and O–H groups in total.